The topological polar surface area (TPSA) is 67.8 Å². The zero-order chi connectivity index (χ0) is 7.72. The second-order valence-corrected chi connectivity index (χ2v) is 2.39. The van der Waals surface area contributed by atoms with Crippen LogP contribution in [-0.2, 0) is 4.79 Å². The first-order valence-corrected chi connectivity index (χ1v) is 3.00. The van der Waals surface area contributed by atoms with Crippen LogP contribution in [0.3, 0.4) is 0 Å². The smallest absolute Gasteiger partial charge is 0.170 e. The number of alkyl halides is 1. The highest BCUT2D eigenvalue weighted by atomic mass is 19.1. The van der Waals surface area contributed by atoms with Crippen molar-refractivity contribution in [3.8, 4) is 0 Å². The minimum absolute atomic E-state index is 0.0347. The summed E-state index contributed by atoms with van der Waals surface area (Å²) in [7, 11) is 0. The number of quaternary nitrogens is 1. The van der Waals surface area contributed by atoms with Crippen molar-refractivity contribution in [1.29, 1.82) is 0 Å². The molecule has 1 aliphatic carbocycles. The molecule has 0 aromatic heterocycles. The Morgan fingerprint density at radius 3 is 2.70 bits per heavy atom. The Balaban J connectivity index is 2.67. The molecule has 0 saturated heterocycles. The summed E-state index contributed by atoms with van der Waals surface area (Å²) in [6.45, 7) is 0. The Hall–Kier alpha value is -0.900. The van der Waals surface area contributed by atoms with E-state index in [2.05, 4.69) is 5.73 Å². The number of carboxylic acid groups (broad SMARTS) is 1. The van der Waals surface area contributed by atoms with Gasteiger partial charge in [-0.05, 0) is 11.6 Å². The van der Waals surface area contributed by atoms with E-state index < -0.39 is 18.2 Å². The fourth-order valence-corrected chi connectivity index (χ4v) is 0.943. The predicted octanol–water partition coefficient (Wildman–Crippen LogP) is -1.98. The van der Waals surface area contributed by atoms with Crippen LogP contribution in [-0.4, -0.2) is 18.2 Å². The van der Waals surface area contributed by atoms with Gasteiger partial charge in [0.05, 0.1) is 5.97 Å². The Kier molecular flexibility index (Phi) is 1.72. The minimum atomic E-state index is -1.28. The third kappa shape index (κ3) is 1.16. The lowest BCUT2D eigenvalue weighted by atomic mass is 10.2. The zero-order valence-electron chi connectivity index (χ0n) is 5.34. The van der Waals surface area contributed by atoms with Gasteiger partial charge in [-0.25, -0.2) is 4.39 Å². The Morgan fingerprint density at radius 1 is 1.90 bits per heavy atom. The summed E-state index contributed by atoms with van der Waals surface area (Å²) in [5, 5.41) is 10.1. The quantitative estimate of drug-likeness (QED) is 0.464. The summed E-state index contributed by atoms with van der Waals surface area (Å²) < 4.78 is 12.5. The van der Waals surface area contributed by atoms with Gasteiger partial charge in [0.2, 0.25) is 0 Å². The highest BCUT2D eigenvalue weighted by Gasteiger charge is 2.27. The van der Waals surface area contributed by atoms with Crippen molar-refractivity contribution in [2.24, 2.45) is 0 Å². The summed E-state index contributed by atoms with van der Waals surface area (Å²) in [6.07, 6.45) is 0.0316. The van der Waals surface area contributed by atoms with Gasteiger partial charge in [-0.1, -0.05) is 0 Å². The third-order valence-corrected chi connectivity index (χ3v) is 1.56. The van der Waals surface area contributed by atoms with Crippen LogP contribution in [0.25, 0.3) is 0 Å². The van der Waals surface area contributed by atoms with Crippen molar-refractivity contribution >= 4 is 5.97 Å². The maximum absolute atomic E-state index is 12.5. The lowest BCUT2D eigenvalue weighted by Gasteiger charge is -2.01. The van der Waals surface area contributed by atoms with Gasteiger partial charge in [0.15, 0.2) is 6.17 Å². The largest absolute Gasteiger partial charge is 0.545 e. The molecular weight excluding hydrogens is 137 g/mol. The Labute approximate surface area is 57.3 Å². The molecule has 0 spiro atoms. The molecule has 0 heterocycles. The molecule has 0 aromatic rings. The van der Waals surface area contributed by atoms with Crippen molar-refractivity contribution in [2.75, 3.05) is 0 Å². The van der Waals surface area contributed by atoms with Crippen LogP contribution < -0.4 is 10.8 Å². The fraction of sp³-hybridized carbons (Fsp3) is 0.500. The van der Waals surface area contributed by atoms with Crippen molar-refractivity contribution in [1.82, 2.24) is 0 Å². The normalized spacial score (nSPS) is 32.0. The van der Waals surface area contributed by atoms with Crippen LogP contribution in [0.1, 0.15) is 6.42 Å². The first-order chi connectivity index (χ1) is 4.61. The van der Waals surface area contributed by atoms with E-state index in [1.54, 1.807) is 0 Å². The molecular formula is C6H8FNO2. The molecule has 1 aliphatic rings. The van der Waals surface area contributed by atoms with Gasteiger partial charge in [0.1, 0.15) is 6.04 Å². The molecule has 1 rings (SSSR count). The lowest BCUT2D eigenvalue weighted by Crippen LogP contribution is -2.63. The van der Waals surface area contributed by atoms with Crippen LogP contribution in [0.15, 0.2) is 11.6 Å². The molecule has 4 heteroatoms. The van der Waals surface area contributed by atoms with Crippen LogP contribution >= 0.6 is 0 Å². The summed E-state index contributed by atoms with van der Waals surface area (Å²) in [5.41, 5.74) is 3.47. The second kappa shape index (κ2) is 2.38. The van der Waals surface area contributed by atoms with Gasteiger partial charge in [-0.3, -0.25) is 0 Å². The van der Waals surface area contributed by atoms with Gasteiger partial charge in [-0.2, -0.15) is 0 Å². The number of halogens is 1. The Bertz CT molecular complexity index is 190. The van der Waals surface area contributed by atoms with Crippen LogP contribution in [0, 0.1) is 0 Å². The van der Waals surface area contributed by atoms with E-state index in [0.717, 1.165) is 6.08 Å². The van der Waals surface area contributed by atoms with E-state index in [-0.39, 0.29) is 12.0 Å². The summed E-state index contributed by atoms with van der Waals surface area (Å²) in [6, 6.07) is -0.451. The maximum atomic E-state index is 12.5. The highest BCUT2D eigenvalue weighted by molar-refractivity contribution is 5.85. The van der Waals surface area contributed by atoms with Crippen molar-refractivity contribution in [3.05, 3.63) is 11.6 Å². The number of hydrogen-bond acceptors (Lipinski definition) is 2. The van der Waals surface area contributed by atoms with Crippen LogP contribution in [0.2, 0.25) is 0 Å². The molecule has 56 valence electrons. The van der Waals surface area contributed by atoms with Gasteiger partial charge in [-0.15, -0.1) is 0 Å². The predicted molar refractivity (Wildman–Crippen MR) is 29.3 cm³/mol. The minimum Gasteiger partial charge on any atom is -0.545 e. The summed E-state index contributed by atoms with van der Waals surface area (Å²) in [4.78, 5) is 10.1. The lowest BCUT2D eigenvalue weighted by molar-refractivity contribution is -0.426. The average molecular weight is 145 g/mol. The number of carbonyl (C=O) groups excluding carboxylic acids is 1. The monoisotopic (exact) mass is 145 g/mol. The molecule has 2 atom stereocenters. The molecule has 0 amide bonds. The highest BCUT2D eigenvalue weighted by Crippen LogP contribution is 2.17. The van der Waals surface area contributed by atoms with E-state index in [1.807, 2.05) is 0 Å². The van der Waals surface area contributed by atoms with Crippen molar-refractivity contribution in [2.45, 2.75) is 18.6 Å². The van der Waals surface area contributed by atoms with Gasteiger partial charge < -0.3 is 15.6 Å². The number of carbonyl (C=O) groups is 1. The third-order valence-electron chi connectivity index (χ3n) is 1.56. The molecule has 3 nitrogen and oxygen atoms in total. The fourth-order valence-electron chi connectivity index (χ4n) is 0.943. The number of aliphatic carboxylic acids is 1. The molecule has 0 radical (unpaired) electrons. The van der Waals surface area contributed by atoms with Crippen LogP contribution in [0.5, 0.6) is 0 Å². The Morgan fingerprint density at radius 2 is 2.50 bits per heavy atom. The maximum Gasteiger partial charge on any atom is 0.170 e. The molecule has 10 heavy (non-hydrogen) atoms. The molecule has 0 bridgehead atoms. The van der Waals surface area contributed by atoms with E-state index in [4.69, 9.17) is 0 Å². The summed E-state index contributed by atoms with van der Waals surface area (Å²) >= 11 is 0. The van der Waals surface area contributed by atoms with Gasteiger partial charge in [0, 0.05) is 6.42 Å². The van der Waals surface area contributed by atoms with E-state index >= 15 is 0 Å². The second-order valence-electron chi connectivity index (χ2n) is 2.39. The standard InChI is InChI=1S/C6H8FNO2/c7-4-1-3(6(9)10)2-5(4)8/h1,4-5H,2,8H2,(H,9,10)/t4-,5-/m0/s1. The number of carboxylic acids is 1. The van der Waals surface area contributed by atoms with E-state index in [9.17, 15) is 14.3 Å². The molecule has 0 aliphatic heterocycles. The first kappa shape index (κ1) is 7.21. The average Bonchev–Trinajstić information content (AvgIpc) is 2.13. The molecule has 0 saturated carbocycles. The number of hydrogen-bond donors (Lipinski definition) is 1. The molecule has 0 fully saturated rings. The van der Waals surface area contributed by atoms with Crippen LogP contribution in [0.4, 0.5) is 4.39 Å². The molecule has 0 aromatic carbocycles. The summed E-state index contributed by atoms with van der Waals surface area (Å²) in [5.74, 6) is -1.28. The van der Waals surface area contributed by atoms with Gasteiger partial charge >= 0.3 is 0 Å². The van der Waals surface area contributed by atoms with Crippen molar-refractivity contribution < 1.29 is 20.0 Å². The molecule has 3 N–H and O–H groups in total. The van der Waals surface area contributed by atoms with Gasteiger partial charge in [0.25, 0.3) is 0 Å². The zero-order valence-corrected chi connectivity index (χ0v) is 5.34. The van der Waals surface area contributed by atoms with E-state index in [1.165, 1.54) is 0 Å². The van der Waals surface area contributed by atoms with E-state index in [0.29, 0.717) is 0 Å². The molecule has 0 unspecified atom stereocenters. The van der Waals surface area contributed by atoms with Crippen molar-refractivity contribution in [3.63, 3.8) is 0 Å². The number of rotatable bonds is 1. The first-order valence-electron chi connectivity index (χ1n) is 3.00. The SMILES string of the molecule is [NH3+][C@H]1CC(C(=O)[O-])=C[C@@H]1F.